The van der Waals surface area contributed by atoms with Crippen LogP contribution in [-0.2, 0) is 4.79 Å². The summed E-state index contributed by atoms with van der Waals surface area (Å²) in [7, 11) is 1.81. The molecule has 0 aliphatic carbocycles. The van der Waals surface area contributed by atoms with Crippen LogP contribution in [0.15, 0.2) is 30.3 Å². The van der Waals surface area contributed by atoms with Crippen molar-refractivity contribution in [3.63, 3.8) is 0 Å². The molecule has 1 N–H and O–H groups in total. The van der Waals surface area contributed by atoms with Crippen molar-refractivity contribution in [2.24, 2.45) is 0 Å². The Labute approximate surface area is 121 Å². The van der Waals surface area contributed by atoms with Gasteiger partial charge in [-0.3, -0.25) is 9.59 Å². The Morgan fingerprint density at radius 2 is 1.90 bits per heavy atom. The zero-order valence-electron chi connectivity index (χ0n) is 12.6. The Balaban J connectivity index is 2.41. The molecule has 0 aliphatic rings. The number of amides is 2. The molecule has 1 atom stereocenters. The highest BCUT2D eigenvalue weighted by Gasteiger charge is 2.15. The summed E-state index contributed by atoms with van der Waals surface area (Å²) in [5, 5.41) is 2.85. The molecule has 2 amide bonds. The average molecular weight is 276 g/mol. The number of carbonyl (C=O) groups excluding carboxylic acids is 2. The van der Waals surface area contributed by atoms with Gasteiger partial charge in [-0.1, -0.05) is 31.5 Å². The zero-order valence-corrected chi connectivity index (χ0v) is 12.6. The van der Waals surface area contributed by atoms with Gasteiger partial charge in [-0.15, -0.1) is 0 Å². The molecule has 20 heavy (non-hydrogen) atoms. The maximum absolute atomic E-state index is 12.0. The lowest BCUT2D eigenvalue weighted by Crippen LogP contribution is -2.38. The highest BCUT2D eigenvalue weighted by molar-refractivity contribution is 5.94. The highest BCUT2D eigenvalue weighted by Crippen LogP contribution is 2.02. The maximum atomic E-state index is 12.0. The van der Waals surface area contributed by atoms with Crippen molar-refractivity contribution in [3.8, 4) is 0 Å². The van der Waals surface area contributed by atoms with Gasteiger partial charge in [0.2, 0.25) is 5.91 Å². The third-order valence-corrected chi connectivity index (χ3v) is 3.17. The van der Waals surface area contributed by atoms with Gasteiger partial charge in [0.15, 0.2) is 0 Å². The summed E-state index contributed by atoms with van der Waals surface area (Å²) in [6.45, 7) is 4.72. The van der Waals surface area contributed by atoms with Gasteiger partial charge in [-0.2, -0.15) is 0 Å². The van der Waals surface area contributed by atoms with Crippen molar-refractivity contribution >= 4 is 11.8 Å². The molecule has 0 aliphatic heterocycles. The van der Waals surface area contributed by atoms with Crippen molar-refractivity contribution in [3.05, 3.63) is 35.9 Å². The topological polar surface area (TPSA) is 49.4 Å². The Hall–Kier alpha value is -1.84. The summed E-state index contributed by atoms with van der Waals surface area (Å²) >= 11 is 0. The van der Waals surface area contributed by atoms with Gasteiger partial charge in [-0.05, 0) is 25.5 Å². The van der Waals surface area contributed by atoms with Gasteiger partial charge >= 0.3 is 0 Å². The Bertz CT molecular complexity index is 431. The smallest absolute Gasteiger partial charge is 0.251 e. The summed E-state index contributed by atoms with van der Waals surface area (Å²) in [6, 6.07) is 8.87. The van der Waals surface area contributed by atoms with E-state index in [9.17, 15) is 9.59 Å². The highest BCUT2D eigenvalue weighted by atomic mass is 16.2. The lowest BCUT2D eigenvalue weighted by Gasteiger charge is -2.20. The molecule has 0 heterocycles. The summed E-state index contributed by atoms with van der Waals surface area (Å²) < 4.78 is 0. The van der Waals surface area contributed by atoms with Crippen LogP contribution in [0, 0.1) is 0 Å². The van der Waals surface area contributed by atoms with E-state index in [1.54, 1.807) is 17.0 Å². The van der Waals surface area contributed by atoms with Crippen LogP contribution in [0.1, 0.15) is 43.5 Å². The second-order valence-corrected chi connectivity index (χ2v) is 5.11. The molecule has 1 aromatic carbocycles. The van der Waals surface area contributed by atoms with Crippen LogP contribution >= 0.6 is 0 Å². The molecule has 1 unspecified atom stereocenters. The van der Waals surface area contributed by atoms with Crippen molar-refractivity contribution in [2.75, 3.05) is 13.6 Å². The lowest BCUT2D eigenvalue weighted by atomic mass is 10.1. The number of carbonyl (C=O) groups is 2. The molecule has 0 bridgehead atoms. The van der Waals surface area contributed by atoms with Crippen molar-refractivity contribution < 1.29 is 9.59 Å². The first kappa shape index (κ1) is 16.2. The number of rotatable bonds is 7. The summed E-state index contributed by atoms with van der Waals surface area (Å²) in [5.74, 6) is -0.0681. The quantitative estimate of drug-likeness (QED) is 0.831. The van der Waals surface area contributed by atoms with Gasteiger partial charge in [-0.25, -0.2) is 0 Å². The first-order valence-corrected chi connectivity index (χ1v) is 7.14. The molecule has 0 aromatic heterocycles. The number of benzene rings is 1. The SMILES string of the molecule is CCCCN(C)C(=O)CC(C)NC(=O)c1ccccc1. The summed E-state index contributed by atoms with van der Waals surface area (Å²) in [5.41, 5.74) is 0.617. The van der Waals surface area contributed by atoms with Gasteiger partial charge < -0.3 is 10.2 Å². The van der Waals surface area contributed by atoms with Gasteiger partial charge in [0, 0.05) is 31.6 Å². The van der Waals surface area contributed by atoms with Crippen LogP contribution in [0.2, 0.25) is 0 Å². The number of nitrogens with one attached hydrogen (secondary N) is 1. The standard InChI is InChI=1S/C16H24N2O2/c1-4-5-11-18(3)15(19)12-13(2)17-16(20)14-9-7-6-8-10-14/h6-10,13H,4-5,11-12H2,1-3H3,(H,17,20). The summed E-state index contributed by atoms with van der Waals surface area (Å²) in [4.78, 5) is 25.6. The molecule has 0 spiro atoms. The molecule has 0 radical (unpaired) electrons. The van der Waals surface area contributed by atoms with Crippen LogP contribution in [0.5, 0.6) is 0 Å². The largest absolute Gasteiger partial charge is 0.349 e. The van der Waals surface area contributed by atoms with E-state index >= 15 is 0 Å². The minimum Gasteiger partial charge on any atom is -0.349 e. The summed E-state index contributed by atoms with van der Waals surface area (Å²) in [6.07, 6.45) is 2.41. The first-order valence-electron chi connectivity index (χ1n) is 7.14. The number of nitrogens with zero attached hydrogens (tertiary/aromatic N) is 1. The van der Waals surface area contributed by atoms with E-state index in [4.69, 9.17) is 0 Å². The molecular weight excluding hydrogens is 252 g/mol. The Morgan fingerprint density at radius 3 is 2.50 bits per heavy atom. The predicted octanol–water partition coefficient (Wildman–Crippen LogP) is 2.45. The average Bonchev–Trinajstić information content (AvgIpc) is 2.45. The molecule has 0 fully saturated rings. The Kier molecular flexibility index (Phi) is 6.77. The van der Waals surface area contributed by atoms with E-state index in [2.05, 4.69) is 12.2 Å². The van der Waals surface area contributed by atoms with Crippen LogP contribution in [-0.4, -0.2) is 36.3 Å². The Morgan fingerprint density at radius 1 is 1.25 bits per heavy atom. The van der Waals surface area contributed by atoms with Crippen molar-refractivity contribution in [1.82, 2.24) is 10.2 Å². The third-order valence-electron chi connectivity index (χ3n) is 3.17. The molecule has 110 valence electrons. The maximum Gasteiger partial charge on any atom is 0.251 e. The van der Waals surface area contributed by atoms with Gasteiger partial charge in [0.05, 0.1) is 0 Å². The fourth-order valence-electron chi connectivity index (χ4n) is 1.89. The predicted molar refractivity (Wildman–Crippen MR) is 80.5 cm³/mol. The number of unbranched alkanes of at least 4 members (excludes halogenated alkanes) is 1. The molecule has 1 aromatic rings. The number of hydrogen-bond acceptors (Lipinski definition) is 2. The van der Waals surface area contributed by atoms with E-state index in [0.29, 0.717) is 12.0 Å². The third kappa shape index (κ3) is 5.43. The van der Waals surface area contributed by atoms with E-state index in [-0.39, 0.29) is 17.9 Å². The minimum absolute atomic E-state index is 0.0688. The number of hydrogen-bond donors (Lipinski definition) is 1. The molecule has 1 rings (SSSR count). The zero-order chi connectivity index (χ0) is 15.0. The second-order valence-electron chi connectivity index (χ2n) is 5.11. The first-order chi connectivity index (χ1) is 9.54. The molecule has 4 nitrogen and oxygen atoms in total. The molecule has 0 saturated carbocycles. The molecule has 4 heteroatoms. The fraction of sp³-hybridized carbons (Fsp3) is 0.500. The van der Waals surface area contributed by atoms with Crippen LogP contribution in [0.4, 0.5) is 0 Å². The van der Waals surface area contributed by atoms with Gasteiger partial charge in [0.1, 0.15) is 0 Å². The van der Waals surface area contributed by atoms with E-state index < -0.39 is 0 Å². The fourth-order valence-corrected chi connectivity index (χ4v) is 1.89. The minimum atomic E-state index is -0.167. The van der Waals surface area contributed by atoms with Crippen LogP contribution in [0.3, 0.4) is 0 Å². The van der Waals surface area contributed by atoms with Crippen LogP contribution < -0.4 is 5.32 Å². The van der Waals surface area contributed by atoms with Crippen molar-refractivity contribution in [2.45, 2.75) is 39.2 Å². The lowest BCUT2D eigenvalue weighted by molar-refractivity contribution is -0.130. The normalized spacial score (nSPS) is 11.8. The van der Waals surface area contributed by atoms with Crippen molar-refractivity contribution in [1.29, 1.82) is 0 Å². The van der Waals surface area contributed by atoms with E-state index in [1.807, 2.05) is 32.2 Å². The van der Waals surface area contributed by atoms with E-state index in [0.717, 1.165) is 19.4 Å². The second kappa shape index (κ2) is 8.35. The monoisotopic (exact) mass is 276 g/mol. The van der Waals surface area contributed by atoms with Gasteiger partial charge in [0.25, 0.3) is 5.91 Å². The van der Waals surface area contributed by atoms with Crippen LogP contribution in [0.25, 0.3) is 0 Å². The molecular formula is C16H24N2O2. The molecule has 0 saturated heterocycles. The van der Waals surface area contributed by atoms with E-state index in [1.165, 1.54) is 0 Å².